The smallest absolute Gasteiger partial charge is 0.0351 e. The summed E-state index contributed by atoms with van der Waals surface area (Å²) in [5, 5.41) is 0. The average Bonchev–Trinajstić information content (AvgIpc) is 2.48. The molecule has 1 aromatic heterocycles. The molecule has 2 nitrogen and oxygen atoms in total. The molecule has 0 aliphatic heterocycles. The number of thioether (sulfide) groups is 1. The normalized spacial score (nSPS) is 6.00. The molecule has 0 saturated heterocycles. The molecular weight excluding hydrogens is 254 g/mol. The molecule has 0 fully saturated rings. The second-order valence-electron chi connectivity index (χ2n) is 2.55. The Hall–Kier alpha value is -0.540. The quantitative estimate of drug-likeness (QED) is 0.604. The number of hydrogen-bond acceptors (Lipinski definition) is 3. The summed E-state index contributed by atoms with van der Waals surface area (Å²) in [5.74, 6) is 0. The second-order valence-corrected chi connectivity index (χ2v) is 3.36. The topological polar surface area (TPSA) is 22.1 Å². The van der Waals surface area contributed by atoms with Crippen LogP contribution in [0.5, 0.6) is 0 Å². The van der Waals surface area contributed by atoms with Crippen molar-refractivity contribution in [3.63, 3.8) is 0 Å². The van der Waals surface area contributed by atoms with Gasteiger partial charge in [-0.3, -0.25) is 4.98 Å². The molecule has 1 rings (SSSR count). The fourth-order valence-electron chi connectivity index (χ4n) is 0.313. The van der Waals surface area contributed by atoms with Gasteiger partial charge in [-0.05, 0) is 24.6 Å². The number of nitrogens with zero attached hydrogens (tertiary/aromatic N) is 1. The van der Waals surface area contributed by atoms with E-state index in [-0.39, 0.29) is 0 Å². The van der Waals surface area contributed by atoms with Crippen molar-refractivity contribution in [1.29, 1.82) is 0 Å². The highest BCUT2D eigenvalue weighted by atomic mass is 32.2. The fraction of sp³-hybridized carbons (Fsp3) is 0.688. The summed E-state index contributed by atoms with van der Waals surface area (Å²) in [6, 6.07) is 5.72. The molecule has 0 spiro atoms. The van der Waals surface area contributed by atoms with Gasteiger partial charge in [-0.15, -0.1) is 0 Å². The summed E-state index contributed by atoms with van der Waals surface area (Å²) in [4.78, 5) is 3.78. The summed E-state index contributed by atoms with van der Waals surface area (Å²) >= 11 is 1.75. The predicted molar refractivity (Wildman–Crippen MR) is 95.3 cm³/mol. The van der Waals surface area contributed by atoms with E-state index in [0.717, 1.165) is 0 Å². The van der Waals surface area contributed by atoms with Crippen LogP contribution in [0.25, 0.3) is 0 Å². The Balaban J connectivity index is -0.0000000445. The minimum absolute atomic E-state index is 1.25. The zero-order valence-corrected chi connectivity index (χ0v) is 15.7. The van der Waals surface area contributed by atoms with Crippen molar-refractivity contribution in [2.24, 2.45) is 0 Å². The lowest BCUT2D eigenvalue weighted by molar-refractivity contribution is 0.277. The standard InChI is InChI=1S/C5H5N.C3H8.C2H6O.C2H6S.2C2H6/c1-2-4-6-5-3-1;3*1-3-2;2*1-2/h1-5H;3H2,1-2H3;2*1-2H3;2*1-2H3. The van der Waals surface area contributed by atoms with Crippen molar-refractivity contribution in [2.45, 2.75) is 48.0 Å². The number of hydrogen-bond donors (Lipinski definition) is 0. The lowest BCUT2D eigenvalue weighted by Gasteiger charge is -1.70. The van der Waals surface area contributed by atoms with Crippen molar-refractivity contribution in [3.8, 4) is 0 Å². The van der Waals surface area contributed by atoms with Gasteiger partial charge < -0.3 is 4.74 Å². The van der Waals surface area contributed by atoms with Crippen LogP contribution in [0.3, 0.4) is 0 Å². The van der Waals surface area contributed by atoms with Gasteiger partial charge in [0.1, 0.15) is 0 Å². The van der Waals surface area contributed by atoms with Gasteiger partial charge in [0.15, 0.2) is 0 Å². The maximum atomic E-state index is 4.25. The molecule has 0 saturated carbocycles. The summed E-state index contributed by atoms with van der Waals surface area (Å²) in [6.45, 7) is 12.2. The third-order valence-electron chi connectivity index (χ3n) is 0.566. The molecule has 0 atom stereocenters. The Morgan fingerprint density at radius 3 is 1.11 bits per heavy atom. The van der Waals surface area contributed by atoms with E-state index in [4.69, 9.17) is 0 Å². The van der Waals surface area contributed by atoms with E-state index >= 15 is 0 Å². The first-order valence-electron chi connectivity index (χ1n) is 6.90. The molecule has 0 bridgehead atoms. The van der Waals surface area contributed by atoms with Crippen LogP contribution in [0.4, 0.5) is 0 Å². The van der Waals surface area contributed by atoms with Crippen molar-refractivity contribution >= 4 is 11.8 Å². The van der Waals surface area contributed by atoms with Gasteiger partial charge in [0.2, 0.25) is 0 Å². The zero-order chi connectivity index (χ0) is 16.4. The molecule has 3 heteroatoms. The van der Waals surface area contributed by atoms with Gasteiger partial charge in [-0.1, -0.05) is 54.0 Å². The van der Waals surface area contributed by atoms with Crippen molar-refractivity contribution < 1.29 is 4.74 Å². The molecule has 0 N–H and O–H groups in total. The van der Waals surface area contributed by atoms with E-state index in [1.54, 1.807) is 38.4 Å². The molecule has 19 heavy (non-hydrogen) atoms. The lowest BCUT2D eigenvalue weighted by atomic mass is 10.5. The first kappa shape index (κ1) is 31.1. The molecule has 0 amide bonds. The minimum Gasteiger partial charge on any atom is -0.388 e. The Morgan fingerprint density at radius 1 is 0.842 bits per heavy atom. The van der Waals surface area contributed by atoms with E-state index in [0.29, 0.717) is 0 Å². The number of ether oxygens (including phenoxy) is 1. The second kappa shape index (κ2) is 66.1. The summed E-state index contributed by atoms with van der Waals surface area (Å²) in [6.07, 6.45) is 8.83. The third-order valence-corrected chi connectivity index (χ3v) is 0.566. The van der Waals surface area contributed by atoms with Gasteiger partial charge in [-0.25, -0.2) is 0 Å². The van der Waals surface area contributed by atoms with Gasteiger partial charge in [0.25, 0.3) is 0 Å². The third kappa shape index (κ3) is 140. The van der Waals surface area contributed by atoms with E-state index in [2.05, 4.69) is 23.6 Å². The average molecular weight is 292 g/mol. The number of rotatable bonds is 0. The first-order valence-corrected chi connectivity index (χ1v) is 8.53. The maximum absolute atomic E-state index is 4.25. The zero-order valence-electron chi connectivity index (χ0n) is 14.9. The van der Waals surface area contributed by atoms with Crippen LogP contribution in [-0.2, 0) is 4.74 Å². The van der Waals surface area contributed by atoms with Crippen LogP contribution in [0.2, 0.25) is 0 Å². The maximum Gasteiger partial charge on any atom is 0.0351 e. The highest BCUT2D eigenvalue weighted by molar-refractivity contribution is 7.97. The Kier molecular flexibility index (Phi) is 108. The van der Waals surface area contributed by atoms with Crippen LogP contribution >= 0.6 is 11.8 Å². The summed E-state index contributed by atoms with van der Waals surface area (Å²) < 4.78 is 4.25. The number of pyridine rings is 1. The molecule has 118 valence electrons. The van der Waals surface area contributed by atoms with Crippen LogP contribution in [0, 0.1) is 0 Å². The molecule has 0 unspecified atom stereocenters. The summed E-state index contributed by atoms with van der Waals surface area (Å²) in [5.41, 5.74) is 0. The van der Waals surface area contributed by atoms with Crippen molar-refractivity contribution in [1.82, 2.24) is 4.98 Å². The molecule has 0 aromatic carbocycles. The van der Waals surface area contributed by atoms with E-state index < -0.39 is 0 Å². The monoisotopic (exact) mass is 291 g/mol. The molecule has 1 aromatic rings. The Labute approximate surface area is 127 Å². The van der Waals surface area contributed by atoms with E-state index in [9.17, 15) is 0 Å². The summed E-state index contributed by atoms with van der Waals surface area (Å²) in [7, 11) is 3.25. The molecule has 1 heterocycles. The SMILES string of the molecule is CC.CC.CCC.COC.CSC.c1ccncc1. The molecule has 0 aliphatic carbocycles. The van der Waals surface area contributed by atoms with Crippen LogP contribution in [0.1, 0.15) is 48.0 Å². The molecular formula is C16H37NOS. The van der Waals surface area contributed by atoms with Crippen LogP contribution < -0.4 is 0 Å². The predicted octanol–water partition coefficient (Wildman–Crippen LogP) is 5.79. The number of methoxy groups -OCH3 is 1. The first-order chi connectivity index (χ1) is 9.24. The Morgan fingerprint density at radius 2 is 1.05 bits per heavy atom. The lowest BCUT2D eigenvalue weighted by Crippen LogP contribution is -1.58. The van der Waals surface area contributed by atoms with Gasteiger partial charge in [0.05, 0.1) is 0 Å². The fourth-order valence-corrected chi connectivity index (χ4v) is 0.313. The molecule has 0 radical (unpaired) electrons. The highest BCUT2D eigenvalue weighted by Gasteiger charge is 1.58. The Bertz CT molecular complexity index is 117. The van der Waals surface area contributed by atoms with E-state index in [1.807, 2.05) is 58.4 Å². The highest BCUT2D eigenvalue weighted by Crippen LogP contribution is 1.73. The van der Waals surface area contributed by atoms with Crippen LogP contribution in [-0.4, -0.2) is 31.7 Å². The van der Waals surface area contributed by atoms with Crippen molar-refractivity contribution in [2.75, 3.05) is 26.7 Å². The molecule has 0 aliphatic rings. The minimum atomic E-state index is 1.25. The van der Waals surface area contributed by atoms with Crippen LogP contribution in [0.15, 0.2) is 30.6 Å². The van der Waals surface area contributed by atoms with Gasteiger partial charge in [0, 0.05) is 26.6 Å². The van der Waals surface area contributed by atoms with Gasteiger partial charge in [-0.2, -0.15) is 11.8 Å². The van der Waals surface area contributed by atoms with Gasteiger partial charge >= 0.3 is 0 Å². The van der Waals surface area contributed by atoms with E-state index in [1.165, 1.54) is 6.42 Å². The largest absolute Gasteiger partial charge is 0.388 e. The number of aromatic nitrogens is 1. The van der Waals surface area contributed by atoms with Crippen molar-refractivity contribution in [3.05, 3.63) is 30.6 Å².